The van der Waals surface area contributed by atoms with Crippen molar-refractivity contribution in [3.8, 4) is 0 Å². The molecule has 0 aliphatic rings. The number of hydrogen-bond donors (Lipinski definition) is 2. The Kier molecular flexibility index (Phi) is 3.61. The molecule has 17 heavy (non-hydrogen) atoms. The monoisotopic (exact) mass is 252 g/mol. The number of hydrogen-bond acceptors (Lipinski definition) is 5. The third-order valence-corrected chi connectivity index (χ3v) is 2.69. The Bertz CT molecular complexity index is 500. The highest BCUT2D eigenvalue weighted by Gasteiger charge is 2.12. The highest BCUT2D eigenvalue weighted by atomic mass is 35.5. The molecule has 0 bridgehead atoms. The van der Waals surface area contributed by atoms with Gasteiger partial charge in [0.1, 0.15) is 0 Å². The third-order valence-electron chi connectivity index (χ3n) is 2.36. The number of benzene rings is 1. The van der Waals surface area contributed by atoms with Gasteiger partial charge in [0.25, 0.3) is 0 Å². The number of anilines is 2. The van der Waals surface area contributed by atoms with Gasteiger partial charge in [-0.2, -0.15) is 0 Å². The summed E-state index contributed by atoms with van der Waals surface area (Å²) in [6, 6.07) is 7.71. The molecule has 1 atom stereocenters. The number of para-hydroxylation sites is 1. The van der Waals surface area contributed by atoms with E-state index in [4.69, 9.17) is 16.0 Å². The zero-order chi connectivity index (χ0) is 12.3. The molecule has 0 fully saturated rings. The summed E-state index contributed by atoms with van der Waals surface area (Å²) in [4.78, 5) is 0. The normalized spacial score (nSPS) is 12.4. The predicted molar refractivity (Wildman–Crippen MR) is 66.5 cm³/mol. The van der Waals surface area contributed by atoms with E-state index in [0.29, 0.717) is 16.9 Å². The molecule has 90 valence electrons. The molecule has 0 spiro atoms. The van der Waals surface area contributed by atoms with E-state index in [1.54, 1.807) is 6.07 Å². The van der Waals surface area contributed by atoms with Gasteiger partial charge < -0.3 is 15.1 Å². The van der Waals surface area contributed by atoms with Crippen molar-refractivity contribution in [3.63, 3.8) is 0 Å². The first-order chi connectivity index (χ1) is 8.20. The summed E-state index contributed by atoms with van der Waals surface area (Å²) in [6.45, 7) is 1.94. The smallest absolute Gasteiger partial charge is 0.320 e. The Morgan fingerprint density at radius 3 is 2.76 bits per heavy atom. The minimum atomic E-state index is 0.0179. The van der Waals surface area contributed by atoms with Crippen molar-refractivity contribution in [3.05, 3.63) is 35.2 Å². The number of rotatable bonds is 4. The quantitative estimate of drug-likeness (QED) is 0.876. The molecule has 5 nitrogen and oxygen atoms in total. The van der Waals surface area contributed by atoms with Gasteiger partial charge in [0, 0.05) is 0 Å². The van der Waals surface area contributed by atoms with Crippen molar-refractivity contribution < 1.29 is 4.42 Å². The van der Waals surface area contributed by atoms with Crippen LogP contribution in [0.4, 0.5) is 11.7 Å². The van der Waals surface area contributed by atoms with E-state index in [9.17, 15) is 0 Å². The first-order valence-electron chi connectivity index (χ1n) is 5.23. The van der Waals surface area contributed by atoms with Crippen molar-refractivity contribution in [2.75, 3.05) is 12.4 Å². The first-order valence-corrected chi connectivity index (χ1v) is 5.60. The lowest BCUT2D eigenvalue weighted by Gasteiger charge is -2.04. The molecular formula is C11H13ClN4O. The second kappa shape index (κ2) is 5.16. The largest absolute Gasteiger partial charge is 0.406 e. The summed E-state index contributed by atoms with van der Waals surface area (Å²) in [6.07, 6.45) is 0. The number of nitrogens with one attached hydrogen (secondary N) is 2. The zero-order valence-electron chi connectivity index (χ0n) is 9.57. The topological polar surface area (TPSA) is 63.0 Å². The van der Waals surface area contributed by atoms with Gasteiger partial charge in [-0.3, -0.25) is 0 Å². The van der Waals surface area contributed by atoms with Crippen LogP contribution < -0.4 is 10.6 Å². The van der Waals surface area contributed by atoms with Crippen LogP contribution in [0.1, 0.15) is 18.9 Å². The molecule has 0 amide bonds. The summed E-state index contributed by atoms with van der Waals surface area (Å²) in [7, 11) is 1.83. The van der Waals surface area contributed by atoms with Crippen LogP contribution >= 0.6 is 11.6 Å². The molecule has 2 N–H and O–H groups in total. The van der Waals surface area contributed by atoms with E-state index in [-0.39, 0.29) is 6.04 Å². The Balaban J connectivity index is 2.14. The van der Waals surface area contributed by atoms with Crippen LogP contribution in [0.2, 0.25) is 5.02 Å². The predicted octanol–water partition coefficient (Wildman–Crippen LogP) is 2.75. The van der Waals surface area contributed by atoms with E-state index in [1.807, 2.05) is 32.2 Å². The SMILES string of the molecule is CNC(C)c1nnc(Nc2ccccc2Cl)o1. The molecule has 2 rings (SSSR count). The second-order valence-corrected chi connectivity index (χ2v) is 3.97. The Morgan fingerprint density at radius 1 is 1.29 bits per heavy atom. The van der Waals surface area contributed by atoms with Gasteiger partial charge in [-0.05, 0) is 26.1 Å². The Morgan fingerprint density at radius 2 is 2.06 bits per heavy atom. The minimum Gasteiger partial charge on any atom is -0.406 e. The van der Waals surface area contributed by atoms with E-state index < -0.39 is 0 Å². The molecule has 0 saturated carbocycles. The molecule has 1 aromatic carbocycles. The fraction of sp³-hybridized carbons (Fsp3) is 0.273. The highest BCUT2D eigenvalue weighted by Crippen LogP contribution is 2.24. The summed E-state index contributed by atoms with van der Waals surface area (Å²) in [5.41, 5.74) is 0.737. The maximum atomic E-state index is 6.01. The molecule has 2 aromatic rings. The summed E-state index contributed by atoms with van der Waals surface area (Å²) in [5, 5.41) is 14.4. The number of halogens is 1. The van der Waals surface area contributed by atoms with Gasteiger partial charge in [-0.25, -0.2) is 0 Å². The Labute approximate surface area is 104 Å². The molecule has 1 aromatic heterocycles. The average molecular weight is 253 g/mol. The molecule has 6 heteroatoms. The van der Waals surface area contributed by atoms with Gasteiger partial charge in [-0.1, -0.05) is 28.8 Å². The first kappa shape index (κ1) is 11.9. The van der Waals surface area contributed by atoms with Crippen LogP contribution in [0.15, 0.2) is 28.7 Å². The minimum absolute atomic E-state index is 0.0179. The van der Waals surface area contributed by atoms with Crippen molar-refractivity contribution in [2.24, 2.45) is 0 Å². The van der Waals surface area contributed by atoms with Crippen molar-refractivity contribution in [2.45, 2.75) is 13.0 Å². The van der Waals surface area contributed by atoms with Crippen LogP contribution in [0.25, 0.3) is 0 Å². The molecular weight excluding hydrogens is 240 g/mol. The van der Waals surface area contributed by atoms with Crippen LogP contribution in [0.3, 0.4) is 0 Å². The fourth-order valence-corrected chi connectivity index (χ4v) is 1.44. The number of aromatic nitrogens is 2. The van der Waals surface area contributed by atoms with Crippen molar-refractivity contribution in [1.82, 2.24) is 15.5 Å². The summed E-state index contributed by atoms with van der Waals surface area (Å²) >= 11 is 6.01. The molecule has 0 radical (unpaired) electrons. The Hall–Kier alpha value is -1.59. The molecule has 1 unspecified atom stereocenters. The number of nitrogens with zero attached hydrogens (tertiary/aromatic N) is 2. The summed E-state index contributed by atoms with van der Waals surface area (Å²) < 4.78 is 5.44. The lowest BCUT2D eigenvalue weighted by atomic mass is 10.3. The zero-order valence-corrected chi connectivity index (χ0v) is 10.3. The maximum Gasteiger partial charge on any atom is 0.320 e. The van der Waals surface area contributed by atoms with Crippen LogP contribution in [0.5, 0.6) is 0 Å². The van der Waals surface area contributed by atoms with Crippen LogP contribution in [0, 0.1) is 0 Å². The maximum absolute atomic E-state index is 6.01. The van der Waals surface area contributed by atoms with E-state index >= 15 is 0 Å². The lowest BCUT2D eigenvalue weighted by Crippen LogP contribution is -2.12. The third kappa shape index (κ3) is 2.75. The van der Waals surface area contributed by atoms with Gasteiger partial charge in [-0.15, -0.1) is 5.10 Å². The summed E-state index contributed by atoms with van der Waals surface area (Å²) in [5.74, 6) is 0.530. The van der Waals surface area contributed by atoms with Gasteiger partial charge >= 0.3 is 6.01 Å². The molecule has 0 aliphatic carbocycles. The fourth-order valence-electron chi connectivity index (χ4n) is 1.26. The lowest BCUT2D eigenvalue weighted by molar-refractivity contribution is 0.443. The van der Waals surface area contributed by atoms with Crippen molar-refractivity contribution in [1.29, 1.82) is 0 Å². The highest BCUT2D eigenvalue weighted by molar-refractivity contribution is 6.33. The molecule has 0 saturated heterocycles. The van der Waals surface area contributed by atoms with Crippen molar-refractivity contribution >= 4 is 23.3 Å². The molecule has 0 aliphatic heterocycles. The van der Waals surface area contributed by atoms with Crippen LogP contribution in [-0.2, 0) is 0 Å². The van der Waals surface area contributed by atoms with E-state index in [2.05, 4.69) is 20.8 Å². The van der Waals surface area contributed by atoms with Gasteiger partial charge in [0.15, 0.2) is 0 Å². The average Bonchev–Trinajstić information content (AvgIpc) is 2.80. The van der Waals surface area contributed by atoms with E-state index in [0.717, 1.165) is 5.69 Å². The standard InChI is InChI=1S/C11H13ClN4O/c1-7(13-2)10-15-16-11(17-10)14-9-6-4-3-5-8(9)12/h3-7,13H,1-2H3,(H,14,16). The van der Waals surface area contributed by atoms with Gasteiger partial charge in [0.2, 0.25) is 5.89 Å². The molecule has 1 heterocycles. The van der Waals surface area contributed by atoms with E-state index in [1.165, 1.54) is 0 Å². The van der Waals surface area contributed by atoms with Gasteiger partial charge in [0.05, 0.1) is 16.8 Å². The van der Waals surface area contributed by atoms with Crippen LogP contribution in [-0.4, -0.2) is 17.2 Å². The second-order valence-electron chi connectivity index (χ2n) is 3.56.